The van der Waals surface area contributed by atoms with Crippen molar-refractivity contribution in [1.82, 2.24) is 4.98 Å². The molecule has 0 bridgehead atoms. The van der Waals surface area contributed by atoms with Crippen LogP contribution in [0.25, 0.3) is 10.9 Å². The molecule has 4 nitrogen and oxygen atoms in total. The van der Waals surface area contributed by atoms with Crippen LogP contribution in [-0.4, -0.2) is 29.4 Å². The van der Waals surface area contributed by atoms with Gasteiger partial charge in [-0.2, -0.15) is 0 Å². The van der Waals surface area contributed by atoms with E-state index < -0.39 is 0 Å². The number of hydrogen-bond acceptors (Lipinski definition) is 3. The number of benzene rings is 2. The van der Waals surface area contributed by atoms with Gasteiger partial charge >= 0.3 is 0 Å². The fourth-order valence-corrected chi connectivity index (χ4v) is 4.12. The number of hydrogen-bond donors (Lipinski definition) is 2. The first-order valence-corrected chi connectivity index (χ1v) is 10.0. The minimum atomic E-state index is -0.244. The van der Waals surface area contributed by atoms with Gasteiger partial charge in [0.15, 0.2) is 5.88 Å². The number of rotatable bonds is 5. The molecule has 2 N–H and O–H groups in total. The molecule has 1 aromatic heterocycles. The third kappa shape index (κ3) is 3.75. The van der Waals surface area contributed by atoms with E-state index in [9.17, 15) is 9.50 Å². The fraction of sp³-hybridized carbons (Fsp3) is 0.348. The number of anilines is 1. The molecule has 0 atom stereocenters. The molecular formula is C23H26FN3O. The Morgan fingerprint density at radius 3 is 2.75 bits per heavy atom. The second-order valence-electron chi connectivity index (χ2n) is 7.55. The Morgan fingerprint density at radius 2 is 2.00 bits per heavy atom. The Labute approximate surface area is 164 Å². The summed E-state index contributed by atoms with van der Waals surface area (Å²) in [4.78, 5) is 9.44. The Morgan fingerprint density at radius 1 is 1.21 bits per heavy atom. The van der Waals surface area contributed by atoms with Crippen molar-refractivity contribution >= 4 is 28.5 Å². The van der Waals surface area contributed by atoms with Crippen molar-refractivity contribution in [2.75, 3.05) is 18.0 Å². The SMILES string of the molecule is CCCC1CCN(c2ccc(N=Cc3c(O)[nH]c4ccccc34)cc2F)CC1. The van der Waals surface area contributed by atoms with Crippen molar-refractivity contribution in [1.29, 1.82) is 0 Å². The van der Waals surface area contributed by atoms with E-state index >= 15 is 0 Å². The highest BCUT2D eigenvalue weighted by Gasteiger charge is 2.20. The van der Waals surface area contributed by atoms with E-state index in [1.807, 2.05) is 36.4 Å². The highest BCUT2D eigenvalue weighted by molar-refractivity contribution is 6.02. The molecule has 1 aliphatic heterocycles. The molecule has 28 heavy (non-hydrogen) atoms. The van der Waals surface area contributed by atoms with E-state index in [2.05, 4.69) is 21.8 Å². The minimum absolute atomic E-state index is 0.0667. The lowest BCUT2D eigenvalue weighted by atomic mass is 9.92. The smallest absolute Gasteiger partial charge is 0.198 e. The molecule has 2 aromatic carbocycles. The average molecular weight is 379 g/mol. The molecule has 1 aliphatic rings. The van der Waals surface area contributed by atoms with E-state index in [-0.39, 0.29) is 11.7 Å². The van der Waals surface area contributed by atoms with Gasteiger partial charge in [-0.1, -0.05) is 38.0 Å². The number of para-hydroxylation sites is 1. The number of piperidine rings is 1. The number of H-pyrrole nitrogens is 1. The van der Waals surface area contributed by atoms with Crippen LogP contribution in [-0.2, 0) is 0 Å². The van der Waals surface area contributed by atoms with Crippen molar-refractivity contribution in [2.24, 2.45) is 10.9 Å². The van der Waals surface area contributed by atoms with Crippen molar-refractivity contribution in [2.45, 2.75) is 32.6 Å². The van der Waals surface area contributed by atoms with Crippen LogP contribution in [0.2, 0.25) is 0 Å². The number of aliphatic imine (C=N–C) groups is 1. The van der Waals surface area contributed by atoms with Gasteiger partial charge in [-0.15, -0.1) is 0 Å². The van der Waals surface area contributed by atoms with Crippen molar-refractivity contribution in [3.8, 4) is 5.88 Å². The molecule has 0 aliphatic carbocycles. The summed E-state index contributed by atoms with van der Waals surface area (Å²) in [6.07, 6.45) is 6.33. The second kappa shape index (κ2) is 8.05. The van der Waals surface area contributed by atoms with Crippen molar-refractivity contribution in [3.05, 3.63) is 53.8 Å². The highest BCUT2D eigenvalue weighted by Crippen LogP contribution is 2.30. The molecule has 2 heterocycles. The van der Waals surface area contributed by atoms with Gasteiger partial charge in [0.05, 0.1) is 16.9 Å². The third-order valence-electron chi connectivity index (χ3n) is 5.65. The summed E-state index contributed by atoms with van der Waals surface area (Å²) in [5.74, 6) is 0.598. The number of fused-ring (bicyclic) bond motifs is 1. The van der Waals surface area contributed by atoms with Crippen molar-refractivity contribution in [3.63, 3.8) is 0 Å². The second-order valence-corrected chi connectivity index (χ2v) is 7.55. The molecule has 4 rings (SSSR count). The predicted octanol–water partition coefficient (Wildman–Crippen LogP) is 5.78. The first kappa shape index (κ1) is 18.5. The van der Waals surface area contributed by atoms with Crippen LogP contribution < -0.4 is 4.90 Å². The van der Waals surface area contributed by atoms with E-state index in [0.29, 0.717) is 16.9 Å². The largest absolute Gasteiger partial charge is 0.494 e. The summed E-state index contributed by atoms with van der Waals surface area (Å²) >= 11 is 0. The van der Waals surface area contributed by atoms with Gasteiger partial charge in [-0.3, -0.25) is 4.99 Å². The molecular weight excluding hydrogens is 353 g/mol. The molecule has 0 amide bonds. The first-order chi connectivity index (χ1) is 13.7. The molecule has 0 radical (unpaired) electrons. The van der Waals surface area contributed by atoms with Crippen LogP contribution in [0.3, 0.4) is 0 Å². The molecule has 1 saturated heterocycles. The van der Waals surface area contributed by atoms with Gasteiger partial charge in [0, 0.05) is 36.3 Å². The summed E-state index contributed by atoms with van der Waals surface area (Å²) in [5.41, 5.74) is 2.64. The molecule has 1 fully saturated rings. The summed E-state index contributed by atoms with van der Waals surface area (Å²) in [7, 11) is 0. The number of nitrogens with one attached hydrogen (secondary N) is 1. The van der Waals surface area contributed by atoms with Crippen LogP contribution >= 0.6 is 0 Å². The first-order valence-electron chi connectivity index (χ1n) is 10.0. The Bertz CT molecular complexity index is 987. The lowest BCUT2D eigenvalue weighted by molar-refractivity contribution is 0.376. The van der Waals surface area contributed by atoms with E-state index in [4.69, 9.17) is 0 Å². The normalized spacial score (nSPS) is 15.7. The lowest BCUT2D eigenvalue weighted by Gasteiger charge is -2.33. The lowest BCUT2D eigenvalue weighted by Crippen LogP contribution is -2.34. The van der Waals surface area contributed by atoms with Crippen LogP contribution in [0.15, 0.2) is 47.5 Å². The number of halogens is 1. The average Bonchev–Trinajstić information content (AvgIpc) is 3.02. The summed E-state index contributed by atoms with van der Waals surface area (Å²) in [6, 6.07) is 12.7. The standard InChI is InChI=1S/C23H26FN3O/c1-2-5-16-10-12-27(13-11-16)22-9-8-17(14-20(22)24)25-15-19-18-6-3-4-7-21(18)26-23(19)28/h3-4,6-9,14-16,26,28H,2,5,10-13H2,1H3. The summed E-state index contributed by atoms with van der Waals surface area (Å²) < 4.78 is 14.7. The van der Waals surface area contributed by atoms with Crippen LogP contribution in [0.4, 0.5) is 15.8 Å². The summed E-state index contributed by atoms with van der Waals surface area (Å²) in [5, 5.41) is 11.0. The van der Waals surface area contributed by atoms with Gasteiger partial charge < -0.3 is 15.0 Å². The zero-order valence-electron chi connectivity index (χ0n) is 16.2. The van der Waals surface area contributed by atoms with E-state index in [1.54, 1.807) is 6.21 Å². The minimum Gasteiger partial charge on any atom is -0.494 e. The van der Waals surface area contributed by atoms with E-state index in [0.717, 1.165) is 42.8 Å². The molecule has 146 valence electrons. The van der Waals surface area contributed by atoms with Gasteiger partial charge in [0.2, 0.25) is 0 Å². The Kier molecular flexibility index (Phi) is 5.33. The maximum Gasteiger partial charge on any atom is 0.198 e. The third-order valence-corrected chi connectivity index (χ3v) is 5.65. The maximum atomic E-state index is 14.7. The van der Waals surface area contributed by atoms with Gasteiger partial charge in [-0.05, 0) is 37.0 Å². The molecule has 3 aromatic rings. The Hall–Kier alpha value is -2.82. The number of aromatic amines is 1. The number of aromatic nitrogens is 1. The maximum absolute atomic E-state index is 14.7. The fourth-order valence-electron chi connectivity index (χ4n) is 4.12. The molecule has 0 spiro atoms. The molecule has 5 heteroatoms. The number of aromatic hydroxyl groups is 1. The molecule has 0 unspecified atom stereocenters. The van der Waals surface area contributed by atoms with Crippen LogP contribution in [0, 0.1) is 11.7 Å². The zero-order chi connectivity index (χ0) is 19.5. The van der Waals surface area contributed by atoms with E-state index in [1.165, 1.54) is 18.9 Å². The monoisotopic (exact) mass is 379 g/mol. The van der Waals surface area contributed by atoms with Gasteiger partial charge in [-0.25, -0.2) is 4.39 Å². The van der Waals surface area contributed by atoms with Crippen molar-refractivity contribution < 1.29 is 9.50 Å². The summed E-state index contributed by atoms with van der Waals surface area (Å²) in [6.45, 7) is 4.04. The van der Waals surface area contributed by atoms with Gasteiger partial charge in [0.25, 0.3) is 0 Å². The van der Waals surface area contributed by atoms with Crippen LogP contribution in [0.5, 0.6) is 5.88 Å². The van der Waals surface area contributed by atoms with Crippen LogP contribution in [0.1, 0.15) is 38.2 Å². The predicted molar refractivity (Wildman–Crippen MR) is 113 cm³/mol. The quantitative estimate of drug-likeness (QED) is 0.552. The number of nitrogens with zero attached hydrogens (tertiary/aromatic N) is 2. The highest BCUT2D eigenvalue weighted by atomic mass is 19.1. The molecule has 0 saturated carbocycles. The Balaban J connectivity index is 1.50. The zero-order valence-corrected chi connectivity index (χ0v) is 16.2. The van der Waals surface area contributed by atoms with Gasteiger partial charge in [0.1, 0.15) is 5.82 Å². The topological polar surface area (TPSA) is 51.6 Å².